The predicted molar refractivity (Wildman–Crippen MR) is 108 cm³/mol. The zero-order valence-corrected chi connectivity index (χ0v) is 17.0. The topological polar surface area (TPSA) is 170 Å². The Balaban J connectivity index is 2.26. The Hall–Kier alpha value is -3.62. The van der Waals surface area contributed by atoms with Gasteiger partial charge in [0.2, 0.25) is 11.6 Å². The summed E-state index contributed by atoms with van der Waals surface area (Å²) in [6, 6.07) is 5.60. The molecule has 156 valence electrons. The molecule has 0 aliphatic heterocycles. The number of ether oxygens (including phenoxy) is 1. The smallest absolute Gasteiger partial charge is 0.411 e. The van der Waals surface area contributed by atoms with Crippen molar-refractivity contribution in [3.8, 4) is 17.7 Å². The molecule has 0 atom stereocenters. The first-order valence-electron chi connectivity index (χ1n) is 8.17. The van der Waals surface area contributed by atoms with Crippen LogP contribution >= 0.6 is 23.2 Å². The quantitative estimate of drug-likeness (QED) is 0.382. The largest absolute Gasteiger partial charge is 0.465 e. The maximum absolute atomic E-state index is 11.8. The first kappa shape index (κ1) is 22.7. The van der Waals surface area contributed by atoms with Gasteiger partial charge in [0.15, 0.2) is 5.75 Å². The first-order chi connectivity index (χ1) is 14.1. The molecule has 0 bridgehead atoms. The van der Waals surface area contributed by atoms with Gasteiger partial charge in [-0.3, -0.25) is 20.3 Å². The second-order valence-electron chi connectivity index (χ2n) is 5.96. The van der Waals surface area contributed by atoms with Gasteiger partial charge in [-0.25, -0.2) is 9.89 Å². The van der Waals surface area contributed by atoms with E-state index in [9.17, 15) is 14.4 Å². The summed E-state index contributed by atoms with van der Waals surface area (Å²) in [4.78, 5) is 33.7. The van der Waals surface area contributed by atoms with E-state index in [1.807, 2.05) is 13.8 Å². The summed E-state index contributed by atoms with van der Waals surface area (Å²) in [7, 11) is 0. The summed E-state index contributed by atoms with van der Waals surface area (Å²) in [5, 5.41) is 28.6. The standard InChI is InChI=1S/C17H14Cl2N6O5/c1-7(2)9-5-13(24-25-15(9)26)30-14-10(18)3-8(4-11(14)19)22-23-12(6-20)16(27)21-17(28)29/h3-5,7,22H,1-2H3,(H,21,27)(H,25,26)(H,28,29). The number of carbonyl (C=O) groups is 2. The number of aromatic nitrogens is 2. The summed E-state index contributed by atoms with van der Waals surface area (Å²) in [6.45, 7) is 3.67. The van der Waals surface area contributed by atoms with Crippen LogP contribution in [0.4, 0.5) is 10.5 Å². The van der Waals surface area contributed by atoms with E-state index in [-0.39, 0.29) is 38.8 Å². The molecule has 30 heavy (non-hydrogen) atoms. The van der Waals surface area contributed by atoms with Crippen molar-refractivity contribution >= 4 is 46.6 Å². The number of H-pyrrole nitrogens is 1. The molecule has 0 fully saturated rings. The maximum atomic E-state index is 11.8. The van der Waals surface area contributed by atoms with Crippen LogP contribution in [0.15, 0.2) is 28.1 Å². The van der Waals surface area contributed by atoms with Crippen LogP contribution < -0.4 is 21.0 Å². The van der Waals surface area contributed by atoms with E-state index in [1.165, 1.54) is 29.6 Å². The number of benzene rings is 1. The summed E-state index contributed by atoms with van der Waals surface area (Å²) in [5.41, 5.74) is 1.95. The lowest BCUT2D eigenvalue weighted by atomic mass is 10.1. The number of amides is 2. The van der Waals surface area contributed by atoms with Crippen molar-refractivity contribution in [2.45, 2.75) is 19.8 Å². The highest BCUT2D eigenvalue weighted by Crippen LogP contribution is 2.38. The van der Waals surface area contributed by atoms with Crippen LogP contribution in [0.3, 0.4) is 0 Å². The third-order valence-electron chi connectivity index (χ3n) is 3.47. The van der Waals surface area contributed by atoms with Gasteiger partial charge in [0.05, 0.1) is 15.7 Å². The number of hydrogen-bond acceptors (Lipinski definition) is 8. The van der Waals surface area contributed by atoms with Crippen molar-refractivity contribution in [3.05, 3.63) is 44.2 Å². The molecule has 2 aromatic rings. The zero-order valence-electron chi connectivity index (χ0n) is 15.5. The summed E-state index contributed by atoms with van der Waals surface area (Å²) < 4.78 is 5.58. The van der Waals surface area contributed by atoms with E-state index < -0.39 is 17.7 Å². The number of anilines is 1. The first-order valence-corrected chi connectivity index (χ1v) is 8.92. The molecule has 0 aliphatic rings. The fraction of sp³-hybridized carbons (Fsp3) is 0.176. The number of hydrazone groups is 1. The molecule has 0 aliphatic carbocycles. The van der Waals surface area contributed by atoms with Crippen LogP contribution in [0.1, 0.15) is 25.3 Å². The van der Waals surface area contributed by atoms with Gasteiger partial charge < -0.3 is 9.84 Å². The molecule has 0 radical (unpaired) electrons. The van der Waals surface area contributed by atoms with Crippen LogP contribution in [0, 0.1) is 11.3 Å². The molecule has 2 amide bonds. The fourth-order valence-corrected chi connectivity index (χ4v) is 2.68. The van der Waals surface area contributed by atoms with Crippen molar-refractivity contribution in [3.63, 3.8) is 0 Å². The van der Waals surface area contributed by atoms with Crippen LogP contribution in [0.25, 0.3) is 0 Å². The second-order valence-corrected chi connectivity index (χ2v) is 6.77. The van der Waals surface area contributed by atoms with Gasteiger partial charge in [-0.2, -0.15) is 10.4 Å². The number of carboxylic acid groups (broad SMARTS) is 1. The molecular formula is C17H14Cl2N6O5. The maximum Gasteiger partial charge on any atom is 0.411 e. The molecule has 4 N–H and O–H groups in total. The SMILES string of the molecule is CC(C)c1cc(Oc2c(Cl)cc(NN=C(C#N)C(=O)NC(=O)O)cc2Cl)n[nH]c1=O. The minimum Gasteiger partial charge on any atom is -0.465 e. The van der Waals surface area contributed by atoms with Gasteiger partial charge in [-0.05, 0) is 18.1 Å². The van der Waals surface area contributed by atoms with Gasteiger partial charge in [-0.15, -0.1) is 5.10 Å². The van der Waals surface area contributed by atoms with Gasteiger partial charge in [0.25, 0.3) is 11.5 Å². The molecule has 0 saturated heterocycles. The Morgan fingerprint density at radius 3 is 2.47 bits per heavy atom. The Morgan fingerprint density at radius 1 is 1.30 bits per heavy atom. The van der Waals surface area contributed by atoms with E-state index in [2.05, 4.69) is 20.7 Å². The Bertz CT molecular complexity index is 1100. The predicted octanol–water partition coefficient (Wildman–Crippen LogP) is 3.08. The lowest BCUT2D eigenvalue weighted by molar-refractivity contribution is -0.114. The number of rotatable bonds is 6. The number of nitriles is 1. The van der Waals surface area contributed by atoms with Crippen LogP contribution in [0.5, 0.6) is 11.6 Å². The Kier molecular flexibility index (Phi) is 7.35. The van der Waals surface area contributed by atoms with E-state index in [0.29, 0.717) is 5.56 Å². The molecule has 0 unspecified atom stereocenters. The summed E-state index contributed by atoms with van der Waals surface area (Å²) in [6.07, 6.45) is -1.63. The fourth-order valence-electron chi connectivity index (χ4n) is 2.11. The highest BCUT2D eigenvalue weighted by Gasteiger charge is 2.16. The van der Waals surface area contributed by atoms with E-state index in [1.54, 1.807) is 0 Å². The lowest BCUT2D eigenvalue weighted by Crippen LogP contribution is -2.34. The molecule has 11 nitrogen and oxygen atoms in total. The highest BCUT2D eigenvalue weighted by atomic mass is 35.5. The lowest BCUT2D eigenvalue weighted by Gasteiger charge is -2.12. The third kappa shape index (κ3) is 5.69. The van der Waals surface area contributed by atoms with Crippen molar-refractivity contribution in [2.75, 3.05) is 5.43 Å². The average Bonchev–Trinajstić information content (AvgIpc) is 2.65. The number of hydrogen-bond donors (Lipinski definition) is 4. The van der Waals surface area contributed by atoms with Crippen LogP contribution in [-0.4, -0.2) is 33.0 Å². The molecular weight excluding hydrogens is 439 g/mol. The Morgan fingerprint density at radius 2 is 1.93 bits per heavy atom. The Labute approximate surface area is 179 Å². The average molecular weight is 453 g/mol. The number of carbonyl (C=O) groups excluding carboxylic acids is 1. The van der Waals surface area contributed by atoms with E-state index in [0.717, 1.165) is 0 Å². The number of nitrogens with zero attached hydrogens (tertiary/aromatic N) is 3. The van der Waals surface area contributed by atoms with E-state index in [4.69, 9.17) is 38.3 Å². The van der Waals surface area contributed by atoms with Gasteiger partial charge in [0.1, 0.15) is 6.07 Å². The minimum absolute atomic E-state index is 0.0350. The third-order valence-corrected chi connectivity index (χ3v) is 4.04. The number of nitrogens with one attached hydrogen (secondary N) is 3. The molecule has 1 aromatic heterocycles. The van der Waals surface area contributed by atoms with E-state index >= 15 is 0 Å². The van der Waals surface area contributed by atoms with Crippen molar-refractivity contribution in [1.29, 1.82) is 5.26 Å². The number of halogens is 2. The zero-order chi connectivity index (χ0) is 22.4. The molecule has 0 saturated carbocycles. The van der Waals surface area contributed by atoms with Crippen molar-refractivity contribution < 1.29 is 19.4 Å². The monoisotopic (exact) mass is 452 g/mol. The molecule has 0 spiro atoms. The molecule has 1 aromatic carbocycles. The molecule has 1 heterocycles. The summed E-state index contributed by atoms with van der Waals surface area (Å²) >= 11 is 12.4. The van der Waals surface area contributed by atoms with Crippen LogP contribution in [0.2, 0.25) is 10.0 Å². The van der Waals surface area contributed by atoms with Crippen molar-refractivity contribution in [1.82, 2.24) is 15.5 Å². The van der Waals surface area contributed by atoms with Gasteiger partial charge in [-0.1, -0.05) is 37.0 Å². The minimum atomic E-state index is -1.63. The van der Waals surface area contributed by atoms with Gasteiger partial charge in [0, 0.05) is 11.6 Å². The van der Waals surface area contributed by atoms with Crippen molar-refractivity contribution in [2.24, 2.45) is 5.10 Å². The van der Waals surface area contributed by atoms with Crippen LogP contribution in [-0.2, 0) is 4.79 Å². The molecule has 13 heteroatoms. The summed E-state index contributed by atoms with van der Waals surface area (Å²) in [5.74, 6) is -1.16. The highest BCUT2D eigenvalue weighted by molar-refractivity contribution is 6.46. The molecule has 2 rings (SSSR count). The number of aromatic amines is 1. The second kappa shape index (κ2) is 9.73. The van der Waals surface area contributed by atoms with Gasteiger partial charge >= 0.3 is 6.09 Å². The normalized spacial score (nSPS) is 11.0. The number of imide groups is 1.